The second-order valence-electron chi connectivity index (χ2n) is 4.88. The fourth-order valence-electron chi connectivity index (χ4n) is 1.85. The van der Waals surface area contributed by atoms with Crippen molar-refractivity contribution in [1.29, 1.82) is 0 Å². The summed E-state index contributed by atoms with van der Waals surface area (Å²) in [6, 6.07) is 12.4. The maximum Gasteiger partial charge on any atom is 0.253 e. The Morgan fingerprint density at radius 2 is 2.00 bits per heavy atom. The fraction of sp³-hybridized carbons (Fsp3) is 0.188. The molecule has 0 aliphatic heterocycles. The molecule has 0 unspecified atom stereocenters. The van der Waals surface area contributed by atoms with Gasteiger partial charge in [-0.25, -0.2) is 0 Å². The summed E-state index contributed by atoms with van der Waals surface area (Å²) in [6.45, 7) is 0.332. The fourth-order valence-corrected chi connectivity index (χ4v) is 2.09. The van der Waals surface area contributed by atoms with Gasteiger partial charge in [-0.1, -0.05) is 23.7 Å². The van der Waals surface area contributed by atoms with E-state index in [0.29, 0.717) is 28.6 Å². The number of hydrogen-bond donors (Lipinski definition) is 1. The molecule has 0 saturated heterocycles. The molecule has 0 atom stereocenters. The third-order valence-electron chi connectivity index (χ3n) is 2.93. The molecule has 1 amide bonds. The average Bonchev–Trinajstić information content (AvgIpc) is 2.45. The molecule has 0 bridgehead atoms. The Labute approximate surface area is 129 Å². The van der Waals surface area contributed by atoms with Crippen LogP contribution in [0.3, 0.4) is 0 Å². The van der Waals surface area contributed by atoms with Gasteiger partial charge in [-0.05, 0) is 35.9 Å². The van der Waals surface area contributed by atoms with E-state index in [1.54, 1.807) is 38.4 Å². The number of carbonyl (C=O) groups excluding carboxylic acids is 1. The molecule has 110 valence electrons. The Balaban J connectivity index is 2.10. The highest BCUT2D eigenvalue weighted by molar-refractivity contribution is 6.32. The van der Waals surface area contributed by atoms with Crippen LogP contribution in [0, 0.1) is 0 Å². The van der Waals surface area contributed by atoms with Crippen molar-refractivity contribution in [3.05, 3.63) is 58.6 Å². The van der Waals surface area contributed by atoms with Gasteiger partial charge < -0.3 is 15.4 Å². The molecule has 2 aromatic rings. The van der Waals surface area contributed by atoms with Crippen molar-refractivity contribution in [2.45, 2.75) is 6.61 Å². The zero-order valence-electron chi connectivity index (χ0n) is 12.0. The van der Waals surface area contributed by atoms with Gasteiger partial charge in [0.15, 0.2) is 0 Å². The molecule has 0 aliphatic rings. The number of nitrogens with zero attached hydrogens (tertiary/aromatic N) is 1. The highest BCUT2D eigenvalue weighted by atomic mass is 35.5. The van der Waals surface area contributed by atoms with E-state index in [4.69, 9.17) is 22.1 Å². The van der Waals surface area contributed by atoms with Gasteiger partial charge in [0, 0.05) is 25.3 Å². The largest absolute Gasteiger partial charge is 0.487 e. The second kappa shape index (κ2) is 6.50. The van der Waals surface area contributed by atoms with Gasteiger partial charge in [0.25, 0.3) is 5.91 Å². The van der Waals surface area contributed by atoms with Crippen LogP contribution in [0.2, 0.25) is 5.02 Å². The Kier molecular flexibility index (Phi) is 4.70. The number of nitrogens with two attached hydrogens (primary N) is 1. The summed E-state index contributed by atoms with van der Waals surface area (Å²) in [5.74, 6) is 0.526. The molecule has 21 heavy (non-hydrogen) atoms. The number of benzene rings is 2. The Morgan fingerprint density at radius 3 is 2.67 bits per heavy atom. The maximum absolute atomic E-state index is 11.9. The van der Waals surface area contributed by atoms with Crippen LogP contribution in [-0.2, 0) is 6.61 Å². The lowest BCUT2D eigenvalue weighted by molar-refractivity contribution is 0.0827. The molecule has 0 fully saturated rings. The van der Waals surface area contributed by atoms with Crippen molar-refractivity contribution in [2.24, 2.45) is 0 Å². The van der Waals surface area contributed by atoms with Gasteiger partial charge in [-0.15, -0.1) is 0 Å². The molecule has 5 heteroatoms. The highest BCUT2D eigenvalue weighted by Gasteiger charge is 2.09. The van der Waals surface area contributed by atoms with Crippen LogP contribution in [0.5, 0.6) is 5.75 Å². The summed E-state index contributed by atoms with van der Waals surface area (Å²) in [6.07, 6.45) is 0. The van der Waals surface area contributed by atoms with E-state index in [2.05, 4.69) is 0 Å². The molecule has 0 aliphatic carbocycles. The lowest BCUT2D eigenvalue weighted by Gasteiger charge is -2.12. The van der Waals surface area contributed by atoms with Crippen LogP contribution in [0.4, 0.5) is 5.69 Å². The van der Waals surface area contributed by atoms with Crippen molar-refractivity contribution in [3.8, 4) is 5.75 Å². The van der Waals surface area contributed by atoms with Crippen molar-refractivity contribution < 1.29 is 9.53 Å². The minimum Gasteiger partial charge on any atom is -0.487 e. The predicted octanol–water partition coefficient (Wildman–Crippen LogP) is 3.20. The zero-order chi connectivity index (χ0) is 15.4. The molecule has 0 saturated carbocycles. The van der Waals surface area contributed by atoms with E-state index >= 15 is 0 Å². The monoisotopic (exact) mass is 304 g/mol. The van der Waals surface area contributed by atoms with E-state index in [1.807, 2.05) is 18.2 Å². The molecule has 0 aromatic heterocycles. The second-order valence-corrected chi connectivity index (χ2v) is 5.29. The number of halogens is 1. The van der Waals surface area contributed by atoms with Crippen molar-refractivity contribution in [3.63, 3.8) is 0 Å². The van der Waals surface area contributed by atoms with Crippen molar-refractivity contribution in [2.75, 3.05) is 19.8 Å². The molecule has 0 heterocycles. The predicted molar refractivity (Wildman–Crippen MR) is 84.7 cm³/mol. The average molecular weight is 305 g/mol. The van der Waals surface area contributed by atoms with Gasteiger partial charge in [0.1, 0.15) is 12.4 Å². The highest BCUT2D eigenvalue weighted by Crippen LogP contribution is 2.27. The number of rotatable bonds is 4. The minimum atomic E-state index is -0.0395. The van der Waals surface area contributed by atoms with E-state index in [1.165, 1.54) is 4.90 Å². The molecular weight excluding hydrogens is 288 g/mol. The number of anilines is 1. The van der Waals surface area contributed by atoms with Gasteiger partial charge >= 0.3 is 0 Å². The van der Waals surface area contributed by atoms with E-state index in [0.717, 1.165) is 5.56 Å². The molecular formula is C16H17ClN2O2. The number of ether oxygens (including phenoxy) is 1. The number of hydrogen-bond acceptors (Lipinski definition) is 3. The molecule has 2 N–H and O–H groups in total. The van der Waals surface area contributed by atoms with Crippen molar-refractivity contribution >= 4 is 23.2 Å². The quantitative estimate of drug-likeness (QED) is 0.883. The van der Waals surface area contributed by atoms with Crippen LogP contribution in [0.1, 0.15) is 15.9 Å². The number of carbonyl (C=O) groups is 1. The SMILES string of the molecule is CN(C)C(=O)c1cccc(COc2ccc(N)cc2Cl)c1. The first-order valence-electron chi connectivity index (χ1n) is 6.46. The smallest absolute Gasteiger partial charge is 0.253 e. The third-order valence-corrected chi connectivity index (χ3v) is 3.23. The summed E-state index contributed by atoms with van der Waals surface area (Å²) in [4.78, 5) is 13.5. The number of amides is 1. The van der Waals surface area contributed by atoms with Crippen molar-refractivity contribution in [1.82, 2.24) is 4.90 Å². The minimum absolute atomic E-state index is 0.0395. The van der Waals surface area contributed by atoms with Crippen LogP contribution in [0.25, 0.3) is 0 Å². The summed E-state index contributed by atoms with van der Waals surface area (Å²) in [7, 11) is 3.44. The standard InChI is InChI=1S/C16H17ClN2O2/c1-19(2)16(20)12-5-3-4-11(8-12)10-21-15-7-6-13(18)9-14(15)17/h3-9H,10,18H2,1-2H3. The van der Waals surface area contributed by atoms with Gasteiger partial charge in [-0.2, -0.15) is 0 Å². The molecule has 2 aromatic carbocycles. The Morgan fingerprint density at radius 1 is 1.24 bits per heavy atom. The molecule has 2 rings (SSSR count). The molecule has 4 nitrogen and oxygen atoms in total. The zero-order valence-corrected chi connectivity index (χ0v) is 12.7. The first-order valence-corrected chi connectivity index (χ1v) is 6.83. The maximum atomic E-state index is 11.9. The summed E-state index contributed by atoms with van der Waals surface area (Å²) >= 11 is 6.05. The van der Waals surface area contributed by atoms with Crippen LogP contribution < -0.4 is 10.5 Å². The van der Waals surface area contributed by atoms with Crippen LogP contribution in [-0.4, -0.2) is 24.9 Å². The van der Waals surface area contributed by atoms with Gasteiger partial charge in [-0.3, -0.25) is 4.79 Å². The molecule has 0 radical (unpaired) electrons. The van der Waals surface area contributed by atoms with Gasteiger partial charge in [0.2, 0.25) is 0 Å². The van der Waals surface area contributed by atoms with Crippen LogP contribution >= 0.6 is 11.6 Å². The first kappa shape index (κ1) is 15.2. The summed E-state index contributed by atoms with van der Waals surface area (Å²) in [5.41, 5.74) is 7.75. The van der Waals surface area contributed by atoms with E-state index in [9.17, 15) is 4.79 Å². The molecule has 0 spiro atoms. The Hall–Kier alpha value is -2.20. The third kappa shape index (κ3) is 3.89. The lowest BCUT2D eigenvalue weighted by Crippen LogP contribution is -2.21. The first-order chi connectivity index (χ1) is 9.97. The van der Waals surface area contributed by atoms with Crippen LogP contribution in [0.15, 0.2) is 42.5 Å². The normalized spacial score (nSPS) is 10.2. The van der Waals surface area contributed by atoms with Gasteiger partial charge in [0.05, 0.1) is 5.02 Å². The topological polar surface area (TPSA) is 55.6 Å². The number of nitrogen functional groups attached to an aromatic ring is 1. The van der Waals surface area contributed by atoms with E-state index in [-0.39, 0.29) is 5.91 Å². The van der Waals surface area contributed by atoms with E-state index < -0.39 is 0 Å². The Bertz CT molecular complexity index is 656. The summed E-state index contributed by atoms with van der Waals surface area (Å²) < 4.78 is 5.66. The summed E-state index contributed by atoms with van der Waals surface area (Å²) in [5, 5.41) is 0.468. The lowest BCUT2D eigenvalue weighted by atomic mass is 10.1.